The van der Waals surface area contributed by atoms with Crippen molar-refractivity contribution in [1.29, 1.82) is 0 Å². The molecule has 0 aliphatic heterocycles. The zero-order chi connectivity index (χ0) is 44.9. The van der Waals surface area contributed by atoms with E-state index < -0.39 is 0 Å². The Balaban J connectivity index is 5.18. The molecular formula is C51H97NO9. The number of aliphatic hydroxyl groups is 1. The molecule has 0 saturated heterocycles. The van der Waals surface area contributed by atoms with E-state index in [-0.39, 0.29) is 68.7 Å². The molecule has 1 N–H and O–H groups in total. The molecule has 0 rings (SSSR count). The van der Waals surface area contributed by atoms with Crippen LogP contribution in [0.25, 0.3) is 0 Å². The van der Waals surface area contributed by atoms with Crippen molar-refractivity contribution in [3.05, 3.63) is 0 Å². The lowest BCUT2D eigenvalue weighted by molar-refractivity contribution is -0.151. The fourth-order valence-electron chi connectivity index (χ4n) is 7.55. The maximum Gasteiger partial charge on any atom is 0.305 e. The lowest BCUT2D eigenvalue weighted by Crippen LogP contribution is -2.28. The van der Waals surface area contributed by atoms with Crippen LogP contribution in [0.4, 0.5) is 0 Å². The van der Waals surface area contributed by atoms with Crippen molar-refractivity contribution in [2.45, 2.75) is 240 Å². The second kappa shape index (κ2) is 45.8. The van der Waals surface area contributed by atoms with Gasteiger partial charge in [-0.3, -0.25) is 19.2 Å². The van der Waals surface area contributed by atoms with E-state index in [1.54, 1.807) is 0 Å². The average Bonchev–Trinajstić information content (AvgIpc) is 3.25. The Kier molecular flexibility index (Phi) is 44.2. The van der Waals surface area contributed by atoms with Gasteiger partial charge in [-0.25, -0.2) is 0 Å². The molecule has 10 heteroatoms. The first-order valence-electron chi connectivity index (χ1n) is 25.7. The molecule has 0 aliphatic carbocycles. The maximum atomic E-state index is 12.5. The molecule has 61 heavy (non-hydrogen) atoms. The second-order valence-electron chi connectivity index (χ2n) is 17.7. The average molecular weight is 868 g/mol. The number of aliphatic hydroxyl groups excluding tert-OH is 1. The largest absolute Gasteiger partial charge is 0.465 e. The van der Waals surface area contributed by atoms with Gasteiger partial charge in [0, 0.05) is 44.1 Å². The molecule has 0 heterocycles. The van der Waals surface area contributed by atoms with Crippen LogP contribution in [-0.2, 0) is 38.1 Å². The SMILES string of the molecule is CCCCCCCC(=O)OCC(CCCCN(CCCCCO)CCCCC(COC(=O)CCCCCCC)COC(=O)CCCCCCC)COC(=O)CCCCCCC. The van der Waals surface area contributed by atoms with E-state index in [1.165, 1.54) is 51.4 Å². The minimum Gasteiger partial charge on any atom is -0.465 e. The molecule has 0 amide bonds. The Bertz CT molecular complexity index is 876. The highest BCUT2D eigenvalue weighted by Crippen LogP contribution is 2.17. The summed E-state index contributed by atoms with van der Waals surface area (Å²) >= 11 is 0. The Labute approximate surface area is 375 Å². The maximum absolute atomic E-state index is 12.5. The van der Waals surface area contributed by atoms with Crippen LogP contribution < -0.4 is 0 Å². The lowest BCUT2D eigenvalue weighted by Gasteiger charge is -2.24. The van der Waals surface area contributed by atoms with Gasteiger partial charge < -0.3 is 29.0 Å². The Morgan fingerprint density at radius 1 is 0.361 bits per heavy atom. The van der Waals surface area contributed by atoms with Crippen LogP contribution in [-0.4, -0.2) is 86.6 Å². The Hall–Kier alpha value is -2.20. The topological polar surface area (TPSA) is 129 Å². The van der Waals surface area contributed by atoms with E-state index >= 15 is 0 Å². The molecule has 10 nitrogen and oxygen atoms in total. The standard InChI is InChI=1S/C51H97NO9/c1-5-9-13-17-22-34-48(54)58-42-46(43-59-49(55)35-23-18-14-10-6-2)32-26-29-39-52(38-28-21-31-41-53)40-30-27-33-47(44-60-50(56)36-24-19-15-11-7-3)45-61-51(57)37-25-20-16-12-8-4/h46-47,53H,5-45H2,1-4H3. The van der Waals surface area contributed by atoms with Crippen molar-refractivity contribution in [2.24, 2.45) is 11.8 Å². The van der Waals surface area contributed by atoms with Crippen molar-refractivity contribution in [3.8, 4) is 0 Å². The number of esters is 4. The molecule has 0 radical (unpaired) electrons. The summed E-state index contributed by atoms with van der Waals surface area (Å²) in [5, 5.41) is 9.35. The van der Waals surface area contributed by atoms with Gasteiger partial charge in [-0.05, 0) is 90.3 Å². The third kappa shape index (κ3) is 41.6. The number of hydrogen-bond donors (Lipinski definition) is 1. The van der Waals surface area contributed by atoms with E-state index in [0.29, 0.717) is 25.7 Å². The highest BCUT2D eigenvalue weighted by Gasteiger charge is 2.18. The number of carbonyl (C=O) groups is 4. The number of unbranched alkanes of at least 4 members (excludes halogenated alkanes) is 20. The molecule has 0 atom stereocenters. The van der Waals surface area contributed by atoms with Crippen LogP contribution in [0.15, 0.2) is 0 Å². The van der Waals surface area contributed by atoms with Crippen molar-refractivity contribution >= 4 is 23.9 Å². The number of rotatable bonds is 47. The highest BCUT2D eigenvalue weighted by atomic mass is 16.6. The van der Waals surface area contributed by atoms with Crippen LogP contribution in [0.3, 0.4) is 0 Å². The van der Waals surface area contributed by atoms with Gasteiger partial charge in [-0.2, -0.15) is 0 Å². The van der Waals surface area contributed by atoms with Gasteiger partial charge in [0.05, 0.1) is 26.4 Å². The fourth-order valence-corrected chi connectivity index (χ4v) is 7.55. The molecule has 0 aromatic rings. The molecule has 0 bridgehead atoms. The lowest BCUT2D eigenvalue weighted by atomic mass is 10.0. The van der Waals surface area contributed by atoms with Gasteiger partial charge in [-0.1, -0.05) is 143 Å². The molecule has 0 spiro atoms. The summed E-state index contributed by atoms with van der Waals surface area (Å²) in [6.07, 6.45) is 31.7. The van der Waals surface area contributed by atoms with Gasteiger partial charge in [0.1, 0.15) is 0 Å². The van der Waals surface area contributed by atoms with Crippen molar-refractivity contribution in [2.75, 3.05) is 52.7 Å². The van der Waals surface area contributed by atoms with E-state index in [1.807, 2.05) is 0 Å². The minimum absolute atomic E-state index is 0.0201. The predicted molar refractivity (Wildman–Crippen MR) is 249 cm³/mol. The molecule has 0 aromatic carbocycles. The number of ether oxygens (including phenoxy) is 4. The van der Waals surface area contributed by atoms with E-state index in [2.05, 4.69) is 32.6 Å². The number of carbonyl (C=O) groups excluding carboxylic acids is 4. The molecule has 0 unspecified atom stereocenters. The summed E-state index contributed by atoms with van der Waals surface area (Å²) in [6, 6.07) is 0. The molecule has 360 valence electrons. The van der Waals surface area contributed by atoms with E-state index in [0.717, 1.165) is 154 Å². The quantitative estimate of drug-likeness (QED) is 0.0358. The third-order valence-corrected chi connectivity index (χ3v) is 11.7. The molecular weight excluding hydrogens is 771 g/mol. The summed E-state index contributed by atoms with van der Waals surface area (Å²) in [5.74, 6) is -0.681. The van der Waals surface area contributed by atoms with Gasteiger partial charge in [0.25, 0.3) is 0 Å². The zero-order valence-electron chi connectivity index (χ0n) is 40.3. The molecule has 0 aliphatic rings. The van der Waals surface area contributed by atoms with Gasteiger partial charge >= 0.3 is 23.9 Å². The molecule has 0 fully saturated rings. The van der Waals surface area contributed by atoms with E-state index in [9.17, 15) is 24.3 Å². The monoisotopic (exact) mass is 868 g/mol. The smallest absolute Gasteiger partial charge is 0.305 e. The number of nitrogens with zero attached hydrogens (tertiary/aromatic N) is 1. The first-order chi connectivity index (χ1) is 29.8. The summed E-state index contributed by atoms with van der Waals surface area (Å²) < 4.78 is 22.8. The second-order valence-corrected chi connectivity index (χ2v) is 17.7. The van der Waals surface area contributed by atoms with Gasteiger partial charge in [-0.15, -0.1) is 0 Å². The summed E-state index contributed by atoms with van der Waals surface area (Å²) in [5.41, 5.74) is 0. The van der Waals surface area contributed by atoms with Crippen molar-refractivity contribution < 1.29 is 43.2 Å². The van der Waals surface area contributed by atoms with Crippen molar-refractivity contribution in [1.82, 2.24) is 4.90 Å². The minimum atomic E-state index is -0.160. The Morgan fingerprint density at radius 3 is 0.902 bits per heavy atom. The molecule has 0 saturated carbocycles. The normalized spacial score (nSPS) is 11.5. The molecule has 0 aromatic heterocycles. The van der Waals surface area contributed by atoms with Crippen LogP contribution in [0.1, 0.15) is 240 Å². The predicted octanol–water partition coefficient (Wildman–Crippen LogP) is 12.6. The highest BCUT2D eigenvalue weighted by molar-refractivity contribution is 5.70. The summed E-state index contributed by atoms with van der Waals surface area (Å²) in [7, 11) is 0. The first kappa shape index (κ1) is 58.8. The first-order valence-corrected chi connectivity index (χ1v) is 25.7. The van der Waals surface area contributed by atoms with Crippen molar-refractivity contribution in [3.63, 3.8) is 0 Å². The van der Waals surface area contributed by atoms with Crippen LogP contribution in [0.2, 0.25) is 0 Å². The zero-order valence-corrected chi connectivity index (χ0v) is 40.3. The van der Waals surface area contributed by atoms with Crippen LogP contribution >= 0.6 is 0 Å². The van der Waals surface area contributed by atoms with Crippen LogP contribution in [0.5, 0.6) is 0 Å². The van der Waals surface area contributed by atoms with Crippen LogP contribution in [0, 0.1) is 11.8 Å². The fraction of sp³-hybridized carbons (Fsp3) is 0.922. The van der Waals surface area contributed by atoms with Gasteiger partial charge in [0.15, 0.2) is 0 Å². The number of hydrogen-bond acceptors (Lipinski definition) is 10. The summed E-state index contributed by atoms with van der Waals surface area (Å²) in [6.45, 7) is 12.9. The Morgan fingerprint density at radius 2 is 0.623 bits per heavy atom. The van der Waals surface area contributed by atoms with E-state index in [4.69, 9.17) is 18.9 Å². The third-order valence-electron chi connectivity index (χ3n) is 11.7. The summed E-state index contributed by atoms with van der Waals surface area (Å²) in [4.78, 5) is 52.7. The van der Waals surface area contributed by atoms with Gasteiger partial charge in [0.2, 0.25) is 0 Å².